The smallest absolute Gasteiger partial charge is 0.116 e. The summed E-state index contributed by atoms with van der Waals surface area (Å²) in [5.74, 6) is 0. The standard InChI is InChI=1S/C15H17NOS/c1-10-7-8-18-14(10)15(2,17)13-9-11-5-3-4-6-12(11)16-13/h3-8,13,16-17H,9H2,1-2H3. The molecule has 18 heavy (non-hydrogen) atoms. The molecule has 0 fully saturated rings. The van der Waals surface area contributed by atoms with Crippen molar-refractivity contribution in [2.24, 2.45) is 0 Å². The van der Waals surface area contributed by atoms with Gasteiger partial charge >= 0.3 is 0 Å². The molecular weight excluding hydrogens is 242 g/mol. The molecule has 0 aliphatic carbocycles. The second-order valence-corrected chi connectivity index (χ2v) is 6.05. The van der Waals surface area contributed by atoms with E-state index in [1.807, 2.05) is 24.4 Å². The second kappa shape index (κ2) is 4.11. The quantitative estimate of drug-likeness (QED) is 0.867. The molecule has 1 aromatic carbocycles. The van der Waals surface area contributed by atoms with E-state index in [4.69, 9.17) is 0 Å². The monoisotopic (exact) mass is 259 g/mol. The average Bonchev–Trinajstić information content (AvgIpc) is 2.94. The molecular formula is C15H17NOS. The first kappa shape index (κ1) is 11.8. The predicted molar refractivity (Wildman–Crippen MR) is 76.2 cm³/mol. The Hall–Kier alpha value is -1.32. The van der Waals surface area contributed by atoms with E-state index in [9.17, 15) is 5.11 Å². The van der Waals surface area contributed by atoms with E-state index in [2.05, 4.69) is 30.4 Å². The van der Waals surface area contributed by atoms with Gasteiger partial charge in [0.05, 0.1) is 6.04 Å². The van der Waals surface area contributed by atoms with Gasteiger partial charge in [-0.1, -0.05) is 18.2 Å². The SMILES string of the molecule is Cc1ccsc1C(C)(O)C1Cc2ccccc2N1. The largest absolute Gasteiger partial charge is 0.382 e. The van der Waals surface area contributed by atoms with Crippen molar-refractivity contribution in [2.75, 3.05) is 5.32 Å². The van der Waals surface area contributed by atoms with E-state index in [0.717, 1.165) is 17.0 Å². The molecule has 0 amide bonds. The highest BCUT2D eigenvalue weighted by Crippen LogP contribution is 2.38. The van der Waals surface area contributed by atoms with Gasteiger partial charge in [-0.25, -0.2) is 0 Å². The molecule has 3 heteroatoms. The number of thiophene rings is 1. The fourth-order valence-electron chi connectivity index (χ4n) is 2.69. The van der Waals surface area contributed by atoms with E-state index in [1.165, 1.54) is 11.1 Å². The van der Waals surface area contributed by atoms with Crippen molar-refractivity contribution >= 4 is 17.0 Å². The van der Waals surface area contributed by atoms with Crippen LogP contribution < -0.4 is 5.32 Å². The van der Waals surface area contributed by atoms with E-state index < -0.39 is 5.60 Å². The molecule has 94 valence electrons. The molecule has 0 saturated heterocycles. The van der Waals surface area contributed by atoms with Crippen LogP contribution in [0.4, 0.5) is 5.69 Å². The first-order chi connectivity index (χ1) is 8.59. The van der Waals surface area contributed by atoms with Crippen LogP contribution in [-0.2, 0) is 12.0 Å². The Kier molecular flexibility index (Phi) is 2.68. The molecule has 3 rings (SSSR count). The summed E-state index contributed by atoms with van der Waals surface area (Å²) in [5.41, 5.74) is 2.79. The van der Waals surface area contributed by atoms with Crippen LogP contribution in [0.15, 0.2) is 35.7 Å². The third-order valence-electron chi connectivity index (χ3n) is 3.77. The molecule has 2 aromatic rings. The zero-order valence-electron chi connectivity index (χ0n) is 10.6. The number of aliphatic hydroxyl groups is 1. The van der Waals surface area contributed by atoms with Gasteiger partial charge in [0.2, 0.25) is 0 Å². The lowest BCUT2D eigenvalue weighted by Crippen LogP contribution is -2.40. The van der Waals surface area contributed by atoms with Crippen LogP contribution in [0.1, 0.15) is 22.9 Å². The third kappa shape index (κ3) is 1.74. The van der Waals surface area contributed by atoms with Crippen LogP contribution in [0.25, 0.3) is 0 Å². The van der Waals surface area contributed by atoms with Crippen LogP contribution in [0.3, 0.4) is 0 Å². The molecule has 0 bridgehead atoms. The van der Waals surface area contributed by atoms with Gasteiger partial charge in [0.1, 0.15) is 5.60 Å². The number of para-hydroxylation sites is 1. The minimum atomic E-state index is -0.822. The first-order valence-corrected chi connectivity index (χ1v) is 7.08. The number of anilines is 1. The Labute approximate surface area is 111 Å². The lowest BCUT2D eigenvalue weighted by molar-refractivity contribution is 0.0413. The highest BCUT2D eigenvalue weighted by Gasteiger charge is 2.39. The van der Waals surface area contributed by atoms with Gasteiger partial charge in [0, 0.05) is 10.6 Å². The highest BCUT2D eigenvalue weighted by molar-refractivity contribution is 7.10. The molecule has 2 unspecified atom stereocenters. The molecule has 2 heterocycles. The number of rotatable bonds is 2. The number of benzene rings is 1. The Morgan fingerprint density at radius 2 is 2.11 bits per heavy atom. The summed E-state index contributed by atoms with van der Waals surface area (Å²) in [6, 6.07) is 10.4. The lowest BCUT2D eigenvalue weighted by Gasteiger charge is -2.30. The number of nitrogens with one attached hydrogen (secondary N) is 1. The van der Waals surface area contributed by atoms with Crippen LogP contribution in [0.5, 0.6) is 0 Å². The maximum absolute atomic E-state index is 10.9. The van der Waals surface area contributed by atoms with Crippen molar-refractivity contribution in [3.05, 3.63) is 51.7 Å². The van der Waals surface area contributed by atoms with Crippen LogP contribution >= 0.6 is 11.3 Å². The van der Waals surface area contributed by atoms with Crippen LogP contribution in [-0.4, -0.2) is 11.1 Å². The van der Waals surface area contributed by atoms with Gasteiger partial charge in [-0.15, -0.1) is 11.3 Å². The van der Waals surface area contributed by atoms with Crippen molar-refractivity contribution in [2.45, 2.75) is 31.9 Å². The summed E-state index contributed by atoms with van der Waals surface area (Å²) in [6.45, 7) is 3.97. The molecule has 0 spiro atoms. The van der Waals surface area contributed by atoms with Gasteiger partial charge in [-0.3, -0.25) is 0 Å². The number of aryl methyl sites for hydroxylation is 1. The fourth-order valence-corrected chi connectivity index (χ4v) is 3.73. The van der Waals surface area contributed by atoms with Gasteiger partial charge in [-0.2, -0.15) is 0 Å². The number of hydrogen-bond acceptors (Lipinski definition) is 3. The summed E-state index contributed by atoms with van der Waals surface area (Å²) >= 11 is 1.63. The molecule has 1 aliphatic rings. The molecule has 2 nitrogen and oxygen atoms in total. The van der Waals surface area contributed by atoms with Crippen LogP contribution in [0, 0.1) is 6.92 Å². The molecule has 2 N–H and O–H groups in total. The Morgan fingerprint density at radius 1 is 1.33 bits per heavy atom. The fraction of sp³-hybridized carbons (Fsp3) is 0.333. The van der Waals surface area contributed by atoms with E-state index >= 15 is 0 Å². The van der Waals surface area contributed by atoms with Crippen LogP contribution in [0.2, 0.25) is 0 Å². The molecule has 1 aromatic heterocycles. The average molecular weight is 259 g/mol. The Morgan fingerprint density at radius 3 is 2.78 bits per heavy atom. The zero-order valence-corrected chi connectivity index (χ0v) is 11.4. The first-order valence-electron chi connectivity index (χ1n) is 6.20. The van der Waals surface area contributed by atoms with Gasteiger partial charge in [0.25, 0.3) is 0 Å². The van der Waals surface area contributed by atoms with E-state index in [-0.39, 0.29) is 6.04 Å². The van der Waals surface area contributed by atoms with Crippen molar-refractivity contribution in [3.63, 3.8) is 0 Å². The summed E-state index contributed by atoms with van der Waals surface area (Å²) in [7, 11) is 0. The van der Waals surface area contributed by atoms with Gasteiger partial charge in [-0.05, 0) is 48.9 Å². The Bertz CT molecular complexity index is 548. The maximum Gasteiger partial charge on any atom is 0.116 e. The van der Waals surface area contributed by atoms with E-state index in [0.29, 0.717) is 0 Å². The highest BCUT2D eigenvalue weighted by atomic mass is 32.1. The summed E-state index contributed by atoms with van der Waals surface area (Å²) in [6.07, 6.45) is 0.876. The minimum absolute atomic E-state index is 0.0484. The Balaban J connectivity index is 1.92. The molecule has 0 saturated carbocycles. The zero-order chi connectivity index (χ0) is 12.8. The molecule has 2 atom stereocenters. The molecule has 0 radical (unpaired) electrons. The topological polar surface area (TPSA) is 32.3 Å². The predicted octanol–water partition coefficient (Wildman–Crippen LogP) is 3.30. The minimum Gasteiger partial charge on any atom is -0.382 e. The van der Waals surface area contributed by atoms with Crippen molar-refractivity contribution in [3.8, 4) is 0 Å². The summed E-state index contributed by atoms with van der Waals surface area (Å²) in [5, 5.41) is 16.4. The summed E-state index contributed by atoms with van der Waals surface area (Å²) < 4.78 is 0. The number of fused-ring (bicyclic) bond motifs is 1. The molecule has 1 aliphatic heterocycles. The van der Waals surface area contributed by atoms with Crippen molar-refractivity contribution < 1.29 is 5.11 Å². The van der Waals surface area contributed by atoms with E-state index in [1.54, 1.807) is 11.3 Å². The van der Waals surface area contributed by atoms with Crippen molar-refractivity contribution in [1.82, 2.24) is 0 Å². The normalized spacial score (nSPS) is 21.2. The lowest BCUT2D eigenvalue weighted by atomic mass is 9.90. The number of hydrogen-bond donors (Lipinski definition) is 2. The van der Waals surface area contributed by atoms with Gasteiger partial charge in [0.15, 0.2) is 0 Å². The third-order valence-corrected chi connectivity index (χ3v) is 5.01. The van der Waals surface area contributed by atoms with Gasteiger partial charge < -0.3 is 10.4 Å². The van der Waals surface area contributed by atoms with Crippen molar-refractivity contribution in [1.29, 1.82) is 0 Å². The maximum atomic E-state index is 10.9. The summed E-state index contributed by atoms with van der Waals surface area (Å²) in [4.78, 5) is 1.06. The second-order valence-electron chi connectivity index (χ2n) is 5.14.